The van der Waals surface area contributed by atoms with E-state index in [1.54, 1.807) is 35.5 Å². The number of ether oxygens (including phenoxy) is 1. The van der Waals surface area contributed by atoms with Crippen molar-refractivity contribution in [3.05, 3.63) is 84.2 Å². The number of hydrogen-bond donors (Lipinski definition) is 4. The van der Waals surface area contributed by atoms with Crippen molar-refractivity contribution in [2.45, 2.75) is 51.7 Å². The minimum absolute atomic E-state index is 0.124. The molecular weight excluding hydrogens is 639 g/mol. The molecule has 4 N–H and O–H groups in total. The first-order chi connectivity index (χ1) is 24.1. The van der Waals surface area contributed by atoms with Gasteiger partial charge in [-0.15, -0.1) is 0 Å². The summed E-state index contributed by atoms with van der Waals surface area (Å²) < 4.78 is 20.1. The second-order valence-corrected chi connectivity index (χ2v) is 13.1. The lowest BCUT2D eigenvalue weighted by atomic mass is 10.0. The first-order valence-corrected chi connectivity index (χ1v) is 17.0. The highest BCUT2D eigenvalue weighted by Crippen LogP contribution is 2.33. The van der Waals surface area contributed by atoms with E-state index >= 15 is 4.39 Å². The zero-order chi connectivity index (χ0) is 35.4. The third kappa shape index (κ3) is 7.47. The van der Waals surface area contributed by atoms with Crippen molar-refractivity contribution in [3.8, 4) is 22.4 Å². The highest BCUT2D eigenvalue weighted by atomic mass is 19.1. The number of H-pyrrole nitrogens is 1. The molecule has 12 nitrogen and oxygen atoms in total. The van der Waals surface area contributed by atoms with Crippen LogP contribution in [0.5, 0.6) is 0 Å². The van der Waals surface area contributed by atoms with Crippen molar-refractivity contribution in [1.29, 1.82) is 0 Å². The van der Waals surface area contributed by atoms with Gasteiger partial charge in [0, 0.05) is 61.4 Å². The van der Waals surface area contributed by atoms with Crippen LogP contribution in [0.2, 0.25) is 0 Å². The number of aromatic amines is 1. The summed E-state index contributed by atoms with van der Waals surface area (Å²) in [6.45, 7) is 9.06. The smallest absolute Gasteiger partial charge is 0.407 e. The van der Waals surface area contributed by atoms with Crippen LogP contribution in [0.4, 0.5) is 20.7 Å². The van der Waals surface area contributed by atoms with Gasteiger partial charge in [-0.05, 0) is 61.6 Å². The van der Waals surface area contributed by atoms with Crippen LogP contribution in [-0.2, 0) is 9.53 Å². The number of likely N-dealkylation sites (tertiary alicyclic amines) is 1. The Bertz CT molecular complexity index is 1830. The third-order valence-electron chi connectivity index (χ3n) is 9.36. The Morgan fingerprint density at radius 2 is 1.82 bits per heavy atom. The molecule has 0 saturated carbocycles. The van der Waals surface area contributed by atoms with Gasteiger partial charge in [0.1, 0.15) is 23.5 Å². The molecule has 4 aromatic rings. The van der Waals surface area contributed by atoms with Gasteiger partial charge in [0.25, 0.3) is 5.91 Å². The summed E-state index contributed by atoms with van der Waals surface area (Å²) in [7, 11) is 1.27. The fourth-order valence-corrected chi connectivity index (χ4v) is 6.57. The normalized spacial score (nSPS) is 18.2. The highest BCUT2D eigenvalue weighted by Gasteiger charge is 2.37. The number of aromatic nitrogens is 3. The van der Waals surface area contributed by atoms with Crippen molar-refractivity contribution in [2.24, 2.45) is 5.92 Å². The number of nitrogens with zero attached hydrogens (tertiary/aromatic N) is 4. The van der Waals surface area contributed by atoms with Crippen LogP contribution < -0.4 is 20.9 Å². The lowest BCUT2D eigenvalue weighted by molar-refractivity contribution is -0.135. The lowest BCUT2D eigenvalue weighted by Crippen LogP contribution is -2.51. The molecule has 2 aliphatic rings. The fraction of sp³-hybridized carbons (Fsp3) is 0.378. The molecule has 0 radical (unpaired) electrons. The molecule has 0 bridgehead atoms. The molecule has 6 rings (SSSR count). The molecule has 0 spiro atoms. The van der Waals surface area contributed by atoms with Crippen LogP contribution in [0.1, 0.15) is 55.8 Å². The van der Waals surface area contributed by atoms with Gasteiger partial charge in [-0.1, -0.05) is 38.1 Å². The van der Waals surface area contributed by atoms with Crippen LogP contribution in [0, 0.1) is 11.7 Å². The zero-order valence-electron chi connectivity index (χ0n) is 28.7. The van der Waals surface area contributed by atoms with Crippen molar-refractivity contribution in [1.82, 2.24) is 30.5 Å². The number of amides is 3. The number of alkyl carbamates (subject to hydrolysis) is 1. The summed E-state index contributed by atoms with van der Waals surface area (Å²) in [4.78, 5) is 54.8. The molecule has 4 heterocycles. The highest BCUT2D eigenvalue weighted by molar-refractivity contribution is 6.04. The predicted octanol–water partition coefficient (Wildman–Crippen LogP) is 5.37. The Kier molecular flexibility index (Phi) is 10.4. The zero-order valence-corrected chi connectivity index (χ0v) is 28.7. The van der Waals surface area contributed by atoms with E-state index in [1.807, 2.05) is 44.2 Å². The molecule has 2 aromatic heterocycles. The number of imidazole rings is 1. The molecule has 3 amide bonds. The maximum atomic E-state index is 15.3. The molecular formula is C37H43FN8O4. The molecule has 262 valence electrons. The SMILES string of the molecule is COC(=O)N[C@H](C(=O)N1CCC[C@H]1c1nc(-c2ccc(-c3ccc(NC(=O)c4ccc(N5CCNC[C@H]5C)nc4)cc3F)cc2)c[nH]1)C(C)C. The Hall–Kier alpha value is -5.30. The van der Waals surface area contributed by atoms with Crippen LogP contribution in [-0.4, -0.2) is 83.1 Å². The van der Waals surface area contributed by atoms with E-state index < -0.39 is 18.0 Å². The molecule has 0 unspecified atom stereocenters. The van der Waals surface area contributed by atoms with E-state index in [2.05, 4.69) is 37.7 Å². The second kappa shape index (κ2) is 15.1. The standard InChI is InChI=1S/C37H43FN8O4/c1-22(2)33(44-37(49)50-4)36(48)46-16-5-6-31(46)34-41-21-30(43-34)25-9-7-24(8-10-25)28-13-12-27(18-29(28)38)42-35(47)26-11-14-32(40-20-26)45-17-15-39-19-23(45)3/h7-14,18,20-23,31,33,39H,5-6,15-17,19H2,1-4H3,(H,41,43)(H,42,47)(H,44,49)/t23-,31+,33+/m1/s1. The van der Waals surface area contributed by atoms with Gasteiger partial charge in [-0.2, -0.15) is 0 Å². The number of methoxy groups -OCH3 is 1. The van der Waals surface area contributed by atoms with E-state index in [0.717, 1.165) is 43.9 Å². The van der Waals surface area contributed by atoms with E-state index in [1.165, 1.54) is 13.2 Å². The van der Waals surface area contributed by atoms with Gasteiger partial charge < -0.3 is 35.5 Å². The number of hydrogen-bond acceptors (Lipinski definition) is 8. The largest absolute Gasteiger partial charge is 0.453 e. The lowest BCUT2D eigenvalue weighted by Gasteiger charge is -2.34. The second-order valence-electron chi connectivity index (χ2n) is 13.1. The molecule has 2 fully saturated rings. The Morgan fingerprint density at radius 1 is 1.04 bits per heavy atom. The summed E-state index contributed by atoms with van der Waals surface area (Å²) in [6.07, 6.45) is 4.26. The topological polar surface area (TPSA) is 145 Å². The van der Waals surface area contributed by atoms with Gasteiger partial charge in [0.05, 0.1) is 24.4 Å². The number of carbonyl (C=O) groups is 3. The molecule has 2 aliphatic heterocycles. The van der Waals surface area contributed by atoms with Crippen molar-refractivity contribution >= 4 is 29.4 Å². The van der Waals surface area contributed by atoms with Crippen molar-refractivity contribution in [3.63, 3.8) is 0 Å². The van der Waals surface area contributed by atoms with Gasteiger partial charge in [0.2, 0.25) is 5.91 Å². The molecule has 13 heteroatoms. The number of carbonyl (C=O) groups excluding carboxylic acids is 3. The van der Waals surface area contributed by atoms with Crippen LogP contribution >= 0.6 is 0 Å². The van der Waals surface area contributed by atoms with Gasteiger partial charge in [-0.25, -0.2) is 19.2 Å². The quantitative estimate of drug-likeness (QED) is 0.185. The van der Waals surface area contributed by atoms with E-state index in [4.69, 9.17) is 9.72 Å². The van der Waals surface area contributed by atoms with E-state index in [-0.39, 0.29) is 23.8 Å². The minimum Gasteiger partial charge on any atom is -0.453 e. The summed E-state index contributed by atoms with van der Waals surface area (Å²) in [5, 5.41) is 8.79. The summed E-state index contributed by atoms with van der Waals surface area (Å²) in [5.74, 6) is 0.361. The molecule has 2 saturated heterocycles. The van der Waals surface area contributed by atoms with Gasteiger partial charge in [-0.3, -0.25) is 9.59 Å². The Morgan fingerprint density at radius 3 is 2.50 bits per heavy atom. The summed E-state index contributed by atoms with van der Waals surface area (Å²) in [5.41, 5.74) is 3.33. The number of benzene rings is 2. The van der Waals surface area contributed by atoms with E-state index in [9.17, 15) is 14.4 Å². The van der Waals surface area contributed by atoms with Gasteiger partial charge in [0.15, 0.2) is 0 Å². The third-order valence-corrected chi connectivity index (χ3v) is 9.36. The van der Waals surface area contributed by atoms with Crippen LogP contribution in [0.3, 0.4) is 0 Å². The molecule has 2 aromatic carbocycles. The van der Waals surface area contributed by atoms with Gasteiger partial charge >= 0.3 is 6.09 Å². The van der Waals surface area contributed by atoms with E-state index in [0.29, 0.717) is 46.5 Å². The summed E-state index contributed by atoms with van der Waals surface area (Å²) >= 11 is 0. The average Bonchev–Trinajstić information content (AvgIpc) is 3.81. The Balaban J connectivity index is 1.10. The number of pyridine rings is 1. The monoisotopic (exact) mass is 682 g/mol. The molecule has 0 aliphatic carbocycles. The fourth-order valence-electron chi connectivity index (χ4n) is 6.57. The van der Waals surface area contributed by atoms with Crippen LogP contribution in [0.25, 0.3) is 22.4 Å². The number of nitrogens with one attached hydrogen (secondary N) is 4. The first-order valence-electron chi connectivity index (χ1n) is 17.0. The Labute approximate surface area is 290 Å². The number of piperazine rings is 1. The minimum atomic E-state index is -0.711. The maximum Gasteiger partial charge on any atom is 0.407 e. The number of rotatable bonds is 9. The number of anilines is 2. The molecule has 50 heavy (non-hydrogen) atoms. The predicted molar refractivity (Wildman–Crippen MR) is 189 cm³/mol. The first kappa shape index (κ1) is 34.6. The van der Waals surface area contributed by atoms with Crippen LogP contribution in [0.15, 0.2) is 67.0 Å². The average molecular weight is 683 g/mol. The maximum absolute atomic E-state index is 15.3. The van der Waals surface area contributed by atoms with Crippen molar-refractivity contribution < 1.29 is 23.5 Å². The number of halogens is 1. The summed E-state index contributed by atoms with van der Waals surface area (Å²) in [6, 6.07) is 14.9. The van der Waals surface area contributed by atoms with Crippen molar-refractivity contribution in [2.75, 3.05) is 43.5 Å². The molecule has 3 atom stereocenters.